The average Bonchev–Trinajstić information content (AvgIpc) is 3.44. The lowest BCUT2D eigenvalue weighted by atomic mass is 10.0. The molecule has 6 rings (SSSR count). The number of para-hydroxylation sites is 1. The van der Waals surface area contributed by atoms with Crippen LogP contribution < -0.4 is 20.3 Å². The van der Waals surface area contributed by atoms with Crippen LogP contribution in [0.2, 0.25) is 0 Å². The second kappa shape index (κ2) is 12.9. The number of aromatic amines is 1. The van der Waals surface area contributed by atoms with E-state index in [4.69, 9.17) is 4.74 Å². The highest BCUT2D eigenvalue weighted by molar-refractivity contribution is 7.70. The summed E-state index contributed by atoms with van der Waals surface area (Å²) in [4.78, 5) is 12.8. The number of thiol groups is 1. The molecule has 4 aromatic rings. The minimum Gasteiger partial charge on any atom is -0.379 e. The Bertz CT molecular complexity index is 1680. The third-order valence-corrected chi connectivity index (χ3v) is 8.30. The van der Waals surface area contributed by atoms with Crippen molar-refractivity contribution in [3.63, 3.8) is 0 Å². The number of benzene rings is 2. The molecule has 0 amide bonds. The van der Waals surface area contributed by atoms with Crippen molar-refractivity contribution >= 4 is 50.8 Å². The van der Waals surface area contributed by atoms with Gasteiger partial charge in [0.1, 0.15) is 11.4 Å². The van der Waals surface area contributed by atoms with Gasteiger partial charge >= 0.3 is 6.18 Å². The van der Waals surface area contributed by atoms with E-state index in [0.717, 1.165) is 69.0 Å². The van der Waals surface area contributed by atoms with Gasteiger partial charge in [-0.3, -0.25) is 10.00 Å². The van der Waals surface area contributed by atoms with Crippen LogP contribution in [-0.2, 0) is 28.3 Å². The molecule has 12 nitrogen and oxygen atoms in total. The first kappa shape index (κ1) is 30.1. The van der Waals surface area contributed by atoms with Crippen LogP contribution in [0.25, 0.3) is 10.9 Å². The highest BCUT2D eigenvalue weighted by Crippen LogP contribution is 2.36. The van der Waals surface area contributed by atoms with Crippen molar-refractivity contribution in [3.05, 3.63) is 59.8 Å². The lowest BCUT2D eigenvalue weighted by Crippen LogP contribution is -2.49. The van der Waals surface area contributed by atoms with Gasteiger partial charge in [-0.2, -0.15) is 23.3 Å². The predicted octanol–water partition coefficient (Wildman–Crippen LogP) is 3.78. The van der Waals surface area contributed by atoms with Crippen molar-refractivity contribution in [2.24, 2.45) is 0 Å². The Morgan fingerprint density at radius 1 is 1.02 bits per heavy atom. The van der Waals surface area contributed by atoms with E-state index in [1.165, 1.54) is 0 Å². The van der Waals surface area contributed by atoms with Gasteiger partial charge in [-0.05, 0) is 42.7 Å². The molecule has 0 bridgehead atoms. The lowest BCUT2D eigenvalue weighted by molar-refractivity contribution is -0.137. The fraction of sp³-hybridized carbons (Fsp3) is 0.393. The summed E-state index contributed by atoms with van der Waals surface area (Å²) in [5, 5.41) is 14.3. The zero-order chi connectivity index (χ0) is 30.7. The summed E-state index contributed by atoms with van der Waals surface area (Å²) >= 11 is 0. The van der Waals surface area contributed by atoms with Crippen molar-refractivity contribution in [3.8, 4) is 0 Å². The summed E-state index contributed by atoms with van der Waals surface area (Å²) in [7, 11) is -2.88. The van der Waals surface area contributed by atoms with Crippen LogP contribution in [0.15, 0.2) is 48.7 Å². The number of anilines is 5. The van der Waals surface area contributed by atoms with E-state index in [-0.39, 0.29) is 18.2 Å². The molecule has 2 aromatic carbocycles. The standard InChI is InChI=1S/C28H32F3N9O3S/c29-28(30,31)22-17-32-27(36-25(22)35-23-4-2-1-3-18(23)16-33-44(41)42)34-19-5-6-21-24(15-19)37-38-26(21)40-9-7-20(8-10-40)39-11-13-43-14-12-39/h1-6,15,17,20,44H,7-14,16H2,(H,37,38)(H,33,41,42)(H2,32,34,35,36). The molecule has 2 aliphatic heterocycles. The average molecular weight is 632 g/mol. The van der Waals surface area contributed by atoms with Crippen molar-refractivity contribution < 1.29 is 26.3 Å². The van der Waals surface area contributed by atoms with Crippen LogP contribution in [0.5, 0.6) is 0 Å². The van der Waals surface area contributed by atoms with E-state index >= 15 is 0 Å². The highest BCUT2D eigenvalue weighted by atomic mass is 32.2. The molecule has 2 aromatic heterocycles. The molecule has 2 saturated heterocycles. The summed E-state index contributed by atoms with van der Waals surface area (Å²) in [5.74, 6) is 0.348. The molecule has 16 heteroatoms. The van der Waals surface area contributed by atoms with Gasteiger partial charge in [0.05, 0.1) is 18.7 Å². The van der Waals surface area contributed by atoms with Gasteiger partial charge in [0.2, 0.25) is 16.8 Å². The SMILES string of the molecule is O=[SH](=O)NCc1ccccc1Nc1nc(Nc2ccc3c(N4CCC(N5CCOCC5)CC4)n[nH]c3c2)ncc1C(F)(F)F. The first-order chi connectivity index (χ1) is 21.2. The van der Waals surface area contributed by atoms with Crippen LogP contribution in [0.4, 0.5) is 42.1 Å². The van der Waals surface area contributed by atoms with E-state index in [9.17, 15) is 21.6 Å². The molecule has 2 aliphatic rings. The predicted molar refractivity (Wildman–Crippen MR) is 161 cm³/mol. The molecule has 0 spiro atoms. The van der Waals surface area contributed by atoms with Crippen molar-refractivity contribution in [2.45, 2.75) is 31.6 Å². The van der Waals surface area contributed by atoms with Gasteiger partial charge in [0.15, 0.2) is 5.82 Å². The number of H-pyrrole nitrogens is 1. The Morgan fingerprint density at radius 3 is 2.55 bits per heavy atom. The smallest absolute Gasteiger partial charge is 0.379 e. The maximum Gasteiger partial charge on any atom is 0.421 e. The number of halogens is 3. The van der Waals surface area contributed by atoms with Gasteiger partial charge in [-0.1, -0.05) is 18.2 Å². The number of rotatable bonds is 9. The number of nitrogens with zero attached hydrogens (tertiary/aromatic N) is 5. The number of aromatic nitrogens is 4. The summed E-state index contributed by atoms with van der Waals surface area (Å²) < 4.78 is 71.3. The topological polar surface area (TPSA) is 140 Å². The maximum absolute atomic E-state index is 13.9. The van der Waals surface area contributed by atoms with Gasteiger partial charge in [-0.15, -0.1) is 0 Å². The molecule has 44 heavy (non-hydrogen) atoms. The Morgan fingerprint density at radius 2 is 1.80 bits per heavy atom. The minimum atomic E-state index is -4.73. The van der Waals surface area contributed by atoms with Crippen LogP contribution in [0, 0.1) is 0 Å². The zero-order valence-corrected chi connectivity index (χ0v) is 24.5. The molecule has 0 aliphatic carbocycles. The normalized spacial score (nSPS) is 17.0. The number of ether oxygens (including phenoxy) is 1. The molecule has 4 N–H and O–H groups in total. The Hall–Kier alpha value is -3.99. The van der Waals surface area contributed by atoms with E-state index in [2.05, 4.69) is 45.3 Å². The fourth-order valence-corrected chi connectivity index (χ4v) is 5.96. The first-order valence-corrected chi connectivity index (χ1v) is 15.4. The van der Waals surface area contributed by atoms with Crippen LogP contribution in [-0.4, -0.2) is 78.9 Å². The highest BCUT2D eigenvalue weighted by Gasteiger charge is 2.35. The van der Waals surface area contributed by atoms with E-state index in [1.807, 2.05) is 12.1 Å². The minimum absolute atomic E-state index is 0.0528. The number of hydrogen-bond acceptors (Lipinski definition) is 10. The molecule has 0 saturated carbocycles. The summed E-state index contributed by atoms with van der Waals surface area (Å²) in [6.07, 6.45) is -1.92. The number of fused-ring (bicyclic) bond motifs is 1. The number of alkyl halides is 3. The molecule has 4 heterocycles. The quantitative estimate of drug-likeness (QED) is 0.174. The van der Waals surface area contributed by atoms with Gasteiger partial charge in [-0.25, -0.2) is 18.1 Å². The summed E-state index contributed by atoms with van der Waals surface area (Å²) in [5.41, 5.74) is 0.981. The molecular formula is C28H32F3N9O3S. The van der Waals surface area contributed by atoms with Gasteiger partial charge < -0.3 is 20.3 Å². The van der Waals surface area contributed by atoms with Crippen molar-refractivity contribution in [1.82, 2.24) is 29.8 Å². The van der Waals surface area contributed by atoms with Gasteiger partial charge in [0, 0.05) is 61.7 Å². The molecule has 234 valence electrons. The largest absolute Gasteiger partial charge is 0.421 e. The summed E-state index contributed by atoms with van der Waals surface area (Å²) in [6, 6.07) is 12.5. The molecular weight excluding hydrogens is 599 g/mol. The summed E-state index contributed by atoms with van der Waals surface area (Å²) in [6.45, 7) is 5.21. The molecule has 0 atom stereocenters. The Balaban J connectivity index is 1.18. The van der Waals surface area contributed by atoms with Crippen molar-refractivity contribution in [2.75, 3.05) is 54.9 Å². The third-order valence-electron chi connectivity index (χ3n) is 7.89. The molecule has 0 unspecified atom stereocenters. The fourth-order valence-electron chi connectivity index (χ4n) is 5.66. The van der Waals surface area contributed by atoms with E-state index < -0.39 is 28.4 Å². The second-order valence-electron chi connectivity index (χ2n) is 10.6. The maximum atomic E-state index is 13.9. The number of piperidine rings is 1. The van der Waals surface area contributed by atoms with Crippen molar-refractivity contribution in [1.29, 1.82) is 0 Å². The lowest BCUT2D eigenvalue weighted by Gasteiger charge is -2.40. The second-order valence-corrected chi connectivity index (χ2v) is 11.5. The zero-order valence-electron chi connectivity index (χ0n) is 23.6. The monoisotopic (exact) mass is 631 g/mol. The van der Waals surface area contributed by atoms with E-state index in [1.54, 1.807) is 30.3 Å². The van der Waals surface area contributed by atoms with Crippen LogP contribution >= 0.6 is 0 Å². The van der Waals surface area contributed by atoms with E-state index in [0.29, 0.717) is 23.5 Å². The molecule has 0 radical (unpaired) electrons. The Labute approximate surface area is 253 Å². The third kappa shape index (κ3) is 6.88. The molecule has 2 fully saturated rings. The van der Waals surface area contributed by atoms with Crippen LogP contribution in [0.3, 0.4) is 0 Å². The first-order valence-electron chi connectivity index (χ1n) is 14.2. The van der Waals surface area contributed by atoms with Gasteiger partial charge in [0.25, 0.3) is 0 Å². The number of morpholine rings is 1. The number of hydrogen-bond donors (Lipinski definition) is 5. The van der Waals surface area contributed by atoms with Crippen LogP contribution in [0.1, 0.15) is 24.0 Å². The number of nitrogens with one attached hydrogen (secondary N) is 4. The Kier molecular flexibility index (Phi) is 8.83.